The van der Waals surface area contributed by atoms with Crippen LogP contribution < -0.4 is 21.5 Å². The molecular formula is C10H12BrN3O3. The molecule has 3 amide bonds. The van der Waals surface area contributed by atoms with E-state index in [-0.39, 0.29) is 6.61 Å². The van der Waals surface area contributed by atoms with Gasteiger partial charge in [0.25, 0.3) is 5.91 Å². The highest BCUT2D eigenvalue weighted by Gasteiger charge is 2.07. The van der Waals surface area contributed by atoms with E-state index in [0.717, 1.165) is 5.56 Å². The van der Waals surface area contributed by atoms with Crippen molar-refractivity contribution in [2.75, 3.05) is 6.61 Å². The monoisotopic (exact) mass is 301 g/mol. The molecule has 7 heteroatoms. The van der Waals surface area contributed by atoms with Gasteiger partial charge in [-0.1, -0.05) is 6.07 Å². The number of carbonyl (C=O) groups excluding carboxylic acids is 2. The Morgan fingerprint density at radius 1 is 1.41 bits per heavy atom. The van der Waals surface area contributed by atoms with Gasteiger partial charge in [-0.15, -0.1) is 0 Å². The maximum Gasteiger partial charge on any atom is 0.318 e. The Morgan fingerprint density at radius 3 is 2.65 bits per heavy atom. The van der Waals surface area contributed by atoms with Gasteiger partial charge in [0.15, 0.2) is 6.61 Å². The first-order valence-electron chi connectivity index (χ1n) is 4.73. The maximum atomic E-state index is 11.1. The lowest BCUT2D eigenvalue weighted by molar-refractivity contribution is -0.121. The van der Waals surface area contributed by atoms with Gasteiger partial charge in [0.2, 0.25) is 0 Å². The normalized spacial score (nSPS) is 9.76. The van der Waals surface area contributed by atoms with Gasteiger partial charge >= 0.3 is 6.03 Å². The predicted molar refractivity (Wildman–Crippen MR) is 65.3 cm³/mol. The zero-order valence-electron chi connectivity index (χ0n) is 8.90. The number of imide groups is 1. The largest absolute Gasteiger partial charge is 0.483 e. The average Bonchev–Trinajstić information content (AvgIpc) is 2.26. The third-order valence-electron chi connectivity index (χ3n) is 1.85. The second kappa shape index (κ2) is 6.21. The Hall–Kier alpha value is -1.60. The number of hydrogen-bond donors (Lipinski definition) is 3. The molecule has 0 aromatic heterocycles. The molecule has 5 N–H and O–H groups in total. The topological polar surface area (TPSA) is 107 Å². The highest BCUT2D eigenvalue weighted by molar-refractivity contribution is 9.10. The molecule has 0 aliphatic rings. The second-order valence-corrected chi connectivity index (χ2v) is 4.02. The minimum atomic E-state index is -0.906. The van der Waals surface area contributed by atoms with Crippen molar-refractivity contribution in [2.24, 2.45) is 11.5 Å². The van der Waals surface area contributed by atoms with Crippen molar-refractivity contribution in [3.63, 3.8) is 0 Å². The van der Waals surface area contributed by atoms with Crippen molar-refractivity contribution in [1.82, 2.24) is 5.32 Å². The molecule has 0 bridgehead atoms. The van der Waals surface area contributed by atoms with E-state index < -0.39 is 11.9 Å². The molecule has 0 saturated carbocycles. The molecule has 0 atom stereocenters. The quantitative estimate of drug-likeness (QED) is 0.752. The Bertz CT molecular complexity index is 437. The number of carbonyl (C=O) groups is 2. The maximum absolute atomic E-state index is 11.1. The molecule has 0 aliphatic heterocycles. The van der Waals surface area contributed by atoms with E-state index in [9.17, 15) is 9.59 Å². The number of halogens is 1. The number of nitrogens with one attached hydrogen (secondary N) is 1. The van der Waals surface area contributed by atoms with Crippen molar-refractivity contribution >= 4 is 27.9 Å². The van der Waals surface area contributed by atoms with E-state index in [1.165, 1.54) is 0 Å². The fourth-order valence-corrected chi connectivity index (χ4v) is 1.65. The van der Waals surface area contributed by atoms with E-state index in [0.29, 0.717) is 16.8 Å². The molecule has 1 rings (SSSR count). The fraction of sp³-hybridized carbons (Fsp3) is 0.200. The summed E-state index contributed by atoms with van der Waals surface area (Å²) in [6.07, 6.45) is 0. The van der Waals surface area contributed by atoms with Crippen LogP contribution in [0.3, 0.4) is 0 Å². The van der Waals surface area contributed by atoms with Crippen LogP contribution in [0.5, 0.6) is 5.75 Å². The first-order chi connectivity index (χ1) is 8.02. The van der Waals surface area contributed by atoms with Gasteiger partial charge in [-0.05, 0) is 33.6 Å². The van der Waals surface area contributed by atoms with Crippen molar-refractivity contribution in [3.8, 4) is 5.75 Å². The van der Waals surface area contributed by atoms with Gasteiger partial charge in [-0.3, -0.25) is 10.1 Å². The number of nitrogens with two attached hydrogens (primary N) is 2. The number of ether oxygens (including phenoxy) is 1. The van der Waals surface area contributed by atoms with Gasteiger partial charge < -0.3 is 16.2 Å². The van der Waals surface area contributed by atoms with Gasteiger partial charge in [-0.25, -0.2) is 4.79 Å². The lowest BCUT2D eigenvalue weighted by atomic mass is 10.2. The third-order valence-corrected chi connectivity index (χ3v) is 2.47. The Labute approximate surface area is 106 Å². The first-order valence-corrected chi connectivity index (χ1v) is 5.53. The molecule has 0 saturated heterocycles. The highest BCUT2D eigenvalue weighted by atomic mass is 79.9. The second-order valence-electron chi connectivity index (χ2n) is 3.17. The van der Waals surface area contributed by atoms with Crippen LogP contribution in [0.2, 0.25) is 0 Å². The van der Waals surface area contributed by atoms with Gasteiger partial charge in [0, 0.05) is 6.54 Å². The Morgan fingerprint density at radius 2 is 2.12 bits per heavy atom. The molecular weight excluding hydrogens is 290 g/mol. The van der Waals surface area contributed by atoms with E-state index >= 15 is 0 Å². The van der Waals surface area contributed by atoms with Crippen LogP contribution in [-0.2, 0) is 11.3 Å². The zero-order valence-corrected chi connectivity index (χ0v) is 10.5. The third kappa shape index (κ3) is 4.41. The number of rotatable bonds is 4. The lowest BCUT2D eigenvalue weighted by Crippen LogP contribution is -2.38. The molecule has 0 spiro atoms. The molecule has 1 aromatic carbocycles. The summed E-state index contributed by atoms with van der Waals surface area (Å²) in [5.74, 6) is -0.117. The Kier molecular flexibility index (Phi) is 4.92. The summed E-state index contributed by atoms with van der Waals surface area (Å²) in [5.41, 5.74) is 11.2. The van der Waals surface area contributed by atoms with Crippen molar-refractivity contribution < 1.29 is 14.3 Å². The fourth-order valence-electron chi connectivity index (χ4n) is 1.11. The summed E-state index contributed by atoms with van der Waals surface area (Å²) in [4.78, 5) is 21.5. The lowest BCUT2D eigenvalue weighted by Gasteiger charge is -2.08. The van der Waals surface area contributed by atoms with Crippen LogP contribution in [0.4, 0.5) is 4.79 Å². The summed E-state index contributed by atoms with van der Waals surface area (Å²) in [7, 11) is 0. The predicted octanol–water partition coefficient (Wildman–Crippen LogP) is 0.481. The molecule has 0 radical (unpaired) electrons. The molecule has 0 fully saturated rings. The first kappa shape index (κ1) is 13.5. The molecule has 0 unspecified atom stereocenters. The van der Waals surface area contributed by atoms with Gasteiger partial charge in [0.1, 0.15) is 5.75 Å². The smallest absolute Gasteiger partial charge is 0.318 e. The number of amides is 3. The zero-order chi connectivity index (χ0) is 12.8. The Balaban J connectivity index is 2.57. The minimum absolute atomic E-state index is 0.288. The summed E-state index contributed by atoms with van der Waals surface area (Å²) in [5, 5.41) is 1.89. The highest BCUT2D eigenvalue weighted by Crippen LogP contribution is 2.25. The van der Waals surface area contributed by atoms with Crippen LogP contribution >= 0.6 is 15.9 Å². The van der Waals surface area contributed by atoms with E-state index in [2.05, 4.69) is 15.9 Å². The van der Waals surface area contributed by atoms with Crippen LogP contribution in [0, 0.1) is 0 Å². The minimum Gasteiger partial charge on any atom is -0.483 e. The summed E-state index contributed by atoms with van der Waals surface area (Å²) >= 11 is 3.29. The number of primary amides is 1. The number of hydrogen-bond acceptors (Lipinski definition) is 4. The molecule has 92 valence electrons. The van der Waals surface area contributed by atoms with E-state index in [4.69, 9.17) is 16.2 Å². The van der Waals surface area contributed by atoms with Crippen LogP contribution in [0.1, 0.15) is 5.56 Å². The van der Waals surface area contributed by atoms with E-state index in [1.54, 1.807) is 18.2 Å². The summed E-state index contributed by atoms with van der Waals surface area (Å²) in [6.45, 7) is 0.130. The van der Waals surface area contributed by atoms with Crippen LogP contribution in [0.25, 0.3) is 0 Å². The van der Waals surface area contributed by atoms with Crippen LogP contribution in [-0.4, -0.2) is 18.5 Å². The number of urea groups is 1. The standard InChI is InChI=1S/C10H12BrN3O3/c11-7-3-6(4-12)1-2-8(7)17-5-9(15)14-10(13)16/h1-3H,4-5,12H2,(H3,13,14,15,16). The van der Waals surface area contributed by atoms with Crippen molar-refractivity contribution in [3.05, 3.63) is 28.2 Å². The molecule has 17 heavy (non-hydrogen) atoms. The van der Waals surface area contributed by atoms with Gasteiger partial charge in [0.05, 0.1) is 4.47 Å². The average molecular weight is 302 g/mol. The van der Waals surface area contributed by atoms with Crippen LogP contribution in [0.15, 0.2) is 22.7 Å². The molecule has 0 heterocycles. The molecule has 1 aromatic rings. The summed E-state index contributed by atoms with van der Waals surface area (Å²) in [6, 6.07) is 4.35. The molecule has 6 nitrogen and oxygen atoms in total. The molecule has 0 aliphatic carbocycles. The van der Waals surface area contributed by atoms with Crippen molar-refractivity contribution in [1.29, 1.82) is 0 Å². The van der Waals surface area contributed by atoms with Gasteiger partial charge in [-0.2, -0.15) is 0 Å². The van der Waals surface area contributed by atoms with E-state index in [1.807, 2.05) is 5.32 Å². The number of benzene rings is 1. The SMILES string of the molecule is NCc1ccc(OCC(=O)NC(N)=O)c(Br)c1. The van der Waals surface area contributed by atoms with Crippen molar-refractivity contribution in [2.45, 2.75) is 6.54 Å². The summed E-state index contributed by atoms with van der Waals surface area (Å²) < 4.78 is 5.88.